The molecule has 1 aromatic carbocycles. The first-order chi connectivity index (χ1) is 6.74. The summed E-state index contributed by atoms with van der Waals surface area (Å²) in [5, 5.41) is 0. The first kappa shape index (κ1) is 8.81. The van der Waals surface area contributed by atoms with Crippen molar-refractivity contribution in [2.45, 2.75) is 13.3 Å². The highest BCUT2D eigenvalue weighted by atomic mass is 15.1. The Morgan fingerprint density at radius 2 is 2.21 bits per heavy atom. The van der Waals surface area contributed by atoms with Crippen LogP contribution < -0.4 is 5.73 Å². The van der Waals surface area contributed by atoms with Gasteiger partial charge in [0.2, 0.25) is 0 Å². The Morgan fingerprint density at radius 3 is 2.86 bits per heavy atom. The fourth-order valence-corrected chi connectivity index (χ4v) is 1.63. The number of aromatic nitrogens is 2. The van der Waals surface area contributed by atoms with E-state index in [2.05, 4.69) is 18.5 Å². The fourth-order valence-electron chi connectivity index (χ4n) is 1.63. The summed E-state index contributed by atoms with van der Waals surface area (Å²) in [5.41, 5.74) is 7.72. The normalized spacial score (nSPS) is 10.6. The number of hydrogen-bond donors (Lipinski definition) is 1. The first-order valence-electron chi connectivity index (χ1n) is 4.65. The van der Waals surface area contributed by atoms with Gasteiger partial charge in [0, 0.05) is 6.42 Å². The maximum absolute atomic E-state index is 5.73. The third-order valence-electron chi connectivity index (χ3n) is 2.23. The van der Waals surface area contributed by atoms with Crippen LogP contribution in [0.25, 0.3) is 16.9 Å². The van der Waals surface area contributed by atoms with E-state index in [0.29, 0.717) is 5.82 Å². The molecular formula is C11H13N3. The number of nitrogens with zero attached hydrogens (tertiary/aromatic N) is 2. The molecule has 72 valence electrons. The Balaban J connectivity index is 2.81. The zero-order chi connectivity index (χ0) is 10.1. The molecule has 0 amide bonds. The third-order valence-corrected chi connectivity index (χ3v) is 2.23. The minimum absolute atomic E-state index is 0.524. The van der Waals surface area contributed by atoms with E-state index in [1.165, 1.54) is 0 Å². The molecule has 0 unspecified atom stereocenters. The van der Waals surface area contributed by atoms with Gasteiger partial charge in [0.15, 0.2) is 0 Å². The molecular weight excluding hydrogens is 174 g/mol. The standard InChI is InChI=1S/C11H13N3/c1-3-11-13-9-6-4-5-7-10(9)14(11)8(2)12/h4-7H,2-3,12H2,1H3. The lowest BCUT2D eigenvalue weighted by Gasteiger charge is -2.05. The van der Waals surface area contributed by atoms with E-state index in [9.17, 15) is 0 Å². The molecule has 1 aromatic heterocycles. The smallest absolute Gasteiger partial charge is 0.115 e. The Morgan fingerprint density at radius 1 is 1.50 bits per heavy atom. The van der Waals surface area contributed by atoms with Gasteiger partial charge in [-0.3, -0.25) is 4.57 Å². The number of rotatable bonds is 2. The van der Waals surface area contributed by atoms with Crippen molar-refractivity contribution in [1.29, 1.82) is 0 Å². The summed E-state index contributed by atoms with van der Waals surface area (Å²) in [5.74, 6) is 1.48. The van der Waals surface area contributed by atoms with E-state index in [1.807, 2.05) is 28.8 Å². The van der Waals surface area contributed by atoms with E-state index in [1.54, 1.807) is 0 Å². The van der Waals surface area contributed by atoms with Gasteiger partial charge in [-0.1, -0.05) is 25.6 Å². The number of aryl methyl sites for hydroxylation is 1. The lowest BCUT2D eigenvalue weighted by atomic mass is 10.3. The predicted molar refractivity (Wildman–Crippen MR) is 58.6 cm³/mol. The van der Waals surface area contributed by atoms with Gasteiger partial charge in [0.1, 0.15) is 11.6 Å². The van der Waals surface area contributed by atoms with Crippen molar-refractivity contribution in [3.63, 3.8) is 0 Å². The van der Waals surface area contributed by atoms with Crippen LogP contribution in [0.5, 0.6) is 0 Å². The van der Waals surface area contributed by atoms with Crippen LogP contribution in [0.15, 0.2) is 30.8 Å². The van der Waals surface area contributed by atoms with Crippen LogP contribution in [-0.2, 0) is 6.42 Å². The lowest BCUT2D eigenvalue weighted by Crippen LogP contribution is -2.07. The average molecular weight is 187 g/mol. The molecule has 0 spiro atoms. The van der Waals surface area contributed by atoms with Crippen LogP contribution in [0.4, 0.5) is 0 Å². The molecule has 14 heavy (non-hydrogen) atoms. The van der Waals surface area contributed by atoms with Crippen LogP contribution in [0.2, 0.25) is 0 Å². The summed E-state index contributed by atoms with van der Waals surface area (Å²) in [6.45, 7) is 5.81. The van der Waals surface area contributed by atoms with Gasteiger partial charge in [0.05, 0.1) is 11.0 Å². The summed E-state index contributed by atoms with van der Waals surface area (Å²) in [7, 11) is 0. The second kappa shape index (κ2) is 3.18. The monoisotopic (exact) mass is 187 g/mol. The Hall–Kier alpha value is -1.77. The van der Waals surface area contributed by atoms with Gasteiger partial charge < -0.3 is 5.73 Å². The van der Waals surface area contributed by atoms with E-state index < -0.39 is 0 Å². The number of para-hydroxylation sites is 2. The molecule has 0 saturated carbocycles. The van der Waals surface area contributed by atoms with Gasteiger partial charge in [0.25, 0.3) is 0 Å². The van der Waals surface area contributed by atoms with Crippen molar-refractivity contribution in [1.82, 2.24) is 9.55 Å². The van der Waals surface area contributed by atoms with Crippen LogP contribution in [0, 0.1) is 0 Å². The minimum Gasteiger partial charge on any atom is -0.385 e. The molecule has 0 aliphatic carbocycles. The Bertz CT molecular complexity index is 482. The van der Waals surface area contributed by atoms with E-state index >= 15 is 0 Å². The Kier molecular flexibility index (Phi) is 2.00. The summed E-state index contributed by atoms with van der Waals surface area (Å²) < 4.78 is 1.90. The molecule has 2 rings (SSSR count). The number of benzene rings is 1. The molecule has 0 aliphatic heterocycles. The highest BCUT2D eigenvalue weighted by Gasteiger charge is 2.08. The average Bonchev–Trinajstić information content (AvgIpc) is 2.55. The van der Waals surface area contributed by atoms with Crippen LogP contribution in [0.3, 0.4) is 0 Å². The number of fused-ring (bicyclic) bond motifs is 1. The summed E-state index contributed by atoms with van der Waals surface area (Å²) in [4.78, 5) is 4.47. The van der Waals surface area contributed by atoms with Crippen molar-refractivity contribution < 1.29 is 0 Å². The molecule has 0 atom stereocenters. The maximum atomic E-state index is 5.73. The van der Waals surface area contributed by atoms with Crippen LogP contribution in [0.1, 0.15) is 12.7 Å². The zero-order valence-corrected chi connectivity index (χ0v) is 8.20. The first-order valence-corrected chi connectivity index (χ1v) is 4.65. The van der Waals surface area contributed by atoms with Crippen LogP contribution in [-0.4, -0.2) is 9.55 Å². The molecule has 1 heterocycles. The largest absolute Gasteiger partial charge is 0.385 e. The quantitative estimate of drug-likeness (QED) is 0.781. The van der Waals surface area contributed by atoms with Gasteiger partial charge in [-0.05, 0) is 12.1 Å². The molecule has 3 nitrogen and oxygen atoms in total. The topological polar surface area (TPSA) is 43.8 Å². The van der Waals surface area contributed by atoms with Gasteiger partial charge in [-0.25, -0.2) is 4.98 Å². The third kappa shape index (κ3) is 1.18. The predicted octanol–water partition coefficient (Wildman–Crippen LogP) is 1.99. The van der Waals surface area contributed by atoms with E-state index in [4.69, 9.17) is 5.73 Å². The second-order valence-electron chi connectivity index (χ2n) is 3.20. The van der Waals surface area contributed by atoms with E-state index in [-0.39, 0.29) is 0 Å². The van der Waals surface area contributed by atoms with Crippen LogP contribution >= 0.6 is 0 Å². The highest BCUT2D eigenvalue weighted by Crippen LogP contribution is 2.17. The van der Waals surface area contributed by atoms with Gasteiger partial charge in [-0.2, -0.15) is 0 Å². The molecule has 2 N–H and O–H groups in total. The Labute approximate surface area is 82.9 Å². The lowest BCUT2D eigenvalue weighted by molar-refractivity contribution is 0.914. The molecule has 0 aliphatic rings. The number of imidazole rings is 1. The maximum Gasteiger partial charge on any atom is 0.115 e. The SMILES string of the molecule is C=C(N)n1c(CC)nc2ccccc21. The van der Waals surface area contributed by atoms with Gasteiger partial charge >= 0.3 is 0 Å². The number of hydrogen-bond acceptors (Lipinski definition) is 2. The molecule has 0 radical (unpaired) electrons. The molecule has 3 heteroatoms. The van der Waals surface area contributed by atoms with E-state index in [0.717, 1.165) is 23.3 Å². The van der Waals surface area contributed by atoms with Gasteiger partial charge in [-0.15, -0.1) is 0 Å². The molecule has 0 saturated heterocycles. The van der Waals surface area contributed by atoms with Crippen molar-refractivity contribution >= 4 is 16.9 Å². The summed E-state index contributed by atoms with van der Waals surface area (Å²) in [6, 6.07) is 7.93. The van der Waals surface area contributed by atoms with Crippen molar-refractivity contribution in [3.05, 3.63) is 36.7 Å². The van der Waals surface area contributed by atoms with Crippen molar-refractivity contribution in [3.8, 4) is 0 Å². The fraction of sp³-hybridized carbons (Fsp3) is 0.182. The van der Waals surface area contributed by atoms with Crippen molar-refractivity contribution in [2.75, 3.05) is 0 Å². The summed E-state index contributed by atoms with van der Waals surface area (Å²) >= 11 is 0. The molecule has 0 bridgehead atoms. The zero-order valence-electron chi connectivity index (χ0n) is 8.20. The molecule has 0 fully saturated rings. The summed E-state index contributed by atoms with van der Waals surface area (Å²) in [6.07, 6.45) is 0.852. The second-order valence-corrected chi connectivity index (χ2v) is 3.20. The highest BCUT2D eigenvalue weighted by molar-refractivity contribution is 5.79. The number of nitrogens with two attached hydrogens (primary N) is 1. The van der Waals surface area contributed by atoms with Crippen molar-refractivity contribution in [2.24, 2.45) is 5.73 Å². The minimum atomic E-state index is 0.524. The molecule has 2 aromatic rings.